The predicted octanol–water partition coefficient (Wildman–Crippen LogP) is 2.86. The Balaban J connectivity index is 1.69. The Bertz CT molecular complexity index is 835. The first-order valence-corrected chi connectivity index (χ1v) is 10.5. The quantitative estimate of drug-likeness (QED) is 0.788. The van der Waals surface area contributed by atoms with Gasteiger partial charge in [0, 0.05) is 25.3 Å². The van der Waals surface area contributed by atoms with Crippen molar-refractivity contribution in [3.63, 3.8) is 0 Å². The van der Waals surface area contributed by atoms with E-state index in [1.54, 1.807) is 32.9 Å². The summed E-state index contributed by atoms with van der Waals surface area (Å²) in [7, 11) is 0. The lowest BCUT2D eigenvalue weighted by Gasteiger charge is -2.32. The van der Waals surface area contributed by atoms with Crippen LogP contribution in [0.25, 0.3) is 0 Å². The number of nitriles is 1. The molecule has 3 rings (SSSR count). The maximum absolute atomic E-state index is 12.8. The number of benzene rings is 1. The van der Waals surface area contributed by atoms with E-state index in [0.717, 1.165) is 12.1 Å². The van der Waals surface area contributed by atoms with Crippen LogP contribution in [0.5, 0.6) is 0 Å². The van der Waals surface area contributed by atoms with Gasteiger partial charge in [0.1, 0.15) is 17.7 Å². The summed E-state index contributed by atoms with van der Waals surface area (Å²) in [5.74, 6) is -0.281. The first-order chi connectivity index (χ1) is 14.2. The van der Waals surface area contributed by atoms with Crippen molar-refractivity contribution in [3.05, 3.63) is 23.8 Å². The second kappa shape index (κ2) is 8.92. The molecular formula is C22H30N4O4. The second-order valence-corrected chi connectivity index (χ2v) is 8.88. The molecule has 2 N–H and O–H groups in total. The summed E-state index contributed by atoms with van der Waals surface area (Å²) in [5, 5.41) is 22.1. The maximum atomic E-state index is 12.8. The van der Waals surface area contributed by atoms with E-state index in [9.17, 15) is 20.0 Å². The van der Waals surface area contributed by atoms with Gasteiger partial charge in [-0.1, -0.05) is 0 Å². The Labute approximate surface area is 177 Å². The molecule has 0 saturated carbocycles. The molecule has 2 saturated heterocycles. The number of aliphatic hydroxyl groups is 1. The number of hydrogen-bond acceptors (Lipinski definition) is 6. The third kappa shape index (κ3) is 5.22. The summed E-state index contributed by atoms with van der Waals surface area (Å²) in [6.45, 7) is 7.25. The molecule has 1 aromatic rings. The Morgan fingerprint density at radius 1 is 1.20 bits per heavy atom. The van der Waals surface area contributed by atoms with Crippen molar-refractivity contribution in [1.29, 1.82) is 5.26 Å². The van der Waals surface area contributed by atoms with Gasteiger partial charge < -0.3 is 20.1 Å². The fourth-order valence-electron chi connectivity index (χ4n) is 3.89. The van der Waals surface area contributed by atoms with Crippen LogP contribution in [0.3, 0.4) is 0 Å². The molecule has 30 heavy (non-hydrogen) atoms. The van der Waals surface area contributed by atoms with E-state index in [4.69, 9.17) is 4.74 Å². The van der Waals surface area contributed by atoms with Crippen LogP contribution in [-0.4, -0.2) is 59.4 Å². The van der Waals surface area contributed by atoms with E-state index >= 15 is 0 Å². The van der Waals surface area contributed by atoms with Crippen molar-refractivity contribution in [1.82, 2.24) is 4.90 Å². The van der Waals surface area contributed by atoms with E-state index in [-0.39, 0.29) is 12.0 Å². The number of hydrogen-bond donors (Lipinski definition) is 2. The number of rotatable bonds is 3. The third-order valence-corrected chi connectivity index (χ3v) is 5.37. The van der Waals surface area contributed by atoms with Crippen LogP contribution < -0.4 is 10.2 Å². The molecule has 162 valence electrons. The minimum atomic E-state index is -0.622. The van der Waals surface area contributed by atoms with Crippen LogP contribution in [0.15, 0.2) is 18.2 Å². The minimum absolute atomic E-state index is 0.281. The average molecular weight is 415 g/mol. The molecule has 0 unspecified atom stereocenters. The van der Waals surface area contributed by atoms with Crippen molar-refractivity contribution < 1.29 is 19.4 Å². The van der Waals surface area contributed by atoms with Gasteiger partial charge in [0.25, 0.3) is 0 Å². The van der Waals surface area contributed by atoms with Gasteiger partial charge in [-0.05, 0) is 64.7 Å². The Hall–Kier alpha value is -2.79. The molecule has 0 bridgehead atoms. The Morgan fingerprint density at radius 3 is 2.53 bits per heavy atom. The van der Waals surface area contributed by atoms with Gasteiger partial charge in [0.2, 0.25) is 5.91 Å². The van der Waals surface area contributed by atoms with Gasteiger partial charge in [-0.2, -0.15) is 5.26 Å². The van der Waals surface area contributed by atoms with Crippen molar-refractivity contribution in [3.8, 4) is 6.07 Å². The number of ether oxygens (including phenoxy) is 1. The molecule has 0 aliphatic carbocycles. The van der Waals surface area contributed by atoms with Crippen LogP contribution >= 0.6 is 0 Å². The molecule has 0 radical (unpaired) electrons. The monoisotopic (exact) mass is 414 g/mol. The van der Waals surface area contributed by atoms with Crippen molar-refractivity contribution in [2.24, 2.45) is 0 Å². The number of piperidine rings is 1. The fourth-order valence-corrected chi connectivity index (χ4v) is 3.89. The number of anilines is 2. The zero-order chi connectivity index (χ0) is 21.9. The Morgan fingerprint density at radius 2 is 1.90 bits per heavy atom. The van der Waals surface area contributed by atoms with Crippen molar-refractivity contribution in [2.75, 3.05) is 29.9 Å². The predicted molar refractivity (Wildman–Crippen MR) is 113 cm³/mol. The van der Waals surface area contributed by atoms with E-state index in [1.165, 1.54) is 4.90 Å². The number of aliphatic hydroxyl groups excluding tert-OH is 1. The molecule has 0 spiro atoms. The SMILES string of the molecule is CC(C)(C)OC(=O)N1CCC[C@@H]1C(=O)Nc1ccc(N2CCC(O)CC2)c(C#N)c1. The van der Waals surface area contributed by atoms with Gasteiger partial charge in [-0.15, -0.1) is 0 Å². The molecule has 2 heterocycles. The van der Waals surface area contributed by atoms with E-state index in [0.29, 0.717) is 50.1 Å². The van der Waals surface area contributed by atoms with Crippen LogP contribution in [0, 0.1) is 11.3 Å². The van der Waals surface area contributed by atoms with Gasteiger partial charge in [0.15, 0.2) is 0 Å². The second-order valence-electron chi connectivity index (χ2n) is 8.88. The highest BCUT2D eigenvalue weighted by Gasteiger charge is 2.36. The summed E-state index contributed by atoms with van der Waals surface area (Å²) in [6.07, 6.45) is 1.88. The normalized spacial score (nSPS) is 20.0. The number of amides is 2. The van der Waals surface area contributed by atoms with Crippen LogP contribution in [-0.2, 0) is 9.53 Å². The zero-order valence-corrected chi connectivity index (χ0v) is 17.9. The summed E-state index contributed by atoms with van der Waals surface area (Å²) >= 11 is 0. The molecule has 8 nitrogen and oxygen atoms in total. The highest BCUT2D eigenvalue weighted by molar-refractivity contribution is 5.97. The molecular weight excluding hydrogens is 384 g/mol. The molecule has 2 amide bonds. The first kappa shape index (κ1) is 21.9. The number of likely N-dealkylation sites (tertiary alicyclic amines) is 1. The summed E-state index contributed by atoms with van der Waals surface area (Å²) in [6, 6.07) is 6.86. The summed E-state index contributed by atoms with van der Waals surface area (Å²) in [5.41, 5.74) is 1.18. The lowest BCUT2D eigenvalue weighted by molar-refractivity contribution is -0.120. The maximum Gasteiger partial charge on any atom is 0.410 e. The average Bonchev–Trinajstić information content (AvgIpc) is 3.17. The number of carbonyl (C=O) groups excluding carboxylic acids is 2. The number of nitrogens with zero attached hydrogens (tertiary/aromatic N) is 3. The molecule has 1 atom stereocenters. The highest BCUT2D eigenvalue weighted by Crippen LogP contribution is 2.28. The lowest BCUT2D eigenvalue weighted by atomic mass is 10.0. The molecule has 1 aromatic carbocycles. The van der Waals surface area contributed by atoms with Crippen molar-refractivity contribution in [2.45, 2.75) is 64.2 Å². The lowest BCUT2D eigenvalue weighted by Crippen LogP contribution is -2.45. The first-order valence-electron chi connectivity index (χ1n) is 10.5. The zero-order valence-electron chi connectivity index (χ0n) is 17.9. The van der Waals surface area contributed by atoms with E-state index < -0.39 is 17.7 Å². The topological polar surface area (TPSA) is 106 Å². The largest absolute Gasteiger partial charge is 0.444 e. The smallest absolute Gasteiger partial charge is 0.410 e. The molecule has 2 aliphatic rings. The van der Waals surface area contributed by atoms with Gasteiger partial charge in [0.05, 0.1) is 17.4 Å². The van der Waals surface area contributed by atoms with Gasteiger partial charge >= 0.3 is 6.09 Å². The van der Waals surface area contributed by atoms with E-state index in [1.807, 2.05) is 6.07 Å². The molecule has 2 aliphatic heterocycles. The van der Waals surface area contributed by atoms with Crippen LogP contribution in [0.2, 0.25) is 0 Å². The van der Waals surface area contributed by atoms with E-state index in [2.05, 4.69) is 16.3 Å². The van der Waals surface area contributed by atoms with Crippen LogP contribution in [0.1, 0.15) is 52.0 Å². The Kier molecular flexibility index (Phi) is 6.52. The summed E-state index contributed by atoms with van der Waals surface area (Å²) < 4.78 is 5.42. The fraction of sp³-hybridized carbons (Fsp3) is 0.591. The third-order valence-electron chi connectivity index (χ3n) is 5.37. The van der Waals surface area contributed by atoms with Crippen LogP contribution in [0.4, 0.5) is 16.2 Å². The standard InChI is InChI=1S/C22H30N4O4/c1-22(2,3)30-21(29)26-10-4-5-19(26)20(28)24-16-6-7-18(15(13-16)14-23)25-11-8-17(27)9-12-25/h6-7,13,17,19,27H,4-5,8-12H2,1-3H3,(H,24,28)/t19-/m1/s1. The van der Waals surface area contributed by atoms with Gasteiger partial charge in [-0.3, -0.25) is 9.69 Å². The van der Waals surface area contributed by atoms with Crippen molar-refractivity contribution >= 4 is 23.4 Å². The minimum Gasteiger partial charge on any atom is -0.444 e. The molecule has 2 fully saturated rings. The van der Waals surface area contributed by atoms with Gasteiger partial charge in [-0.25, -0.2) is 4.79 Å². The molecule has 0 aromatic heterocycles. The number of carbonyl (C=O) groups is 2. The molecule has 8 heteroatoms. The summed E-state index contributed by atoms with van der Waals surface area (Å²) in [4.78, 5) is 28.8. The number of nitrogens with one attached hydrogen (secondary N) is 1. The highest BCUT2D eigenvalue weighted by atomic mass is 16.6.